The van der Waals surface area contributed by atoms with Crippen LogP contribution >= 0.6 is 0 Å². The Labute approximate surface area is 117 Å². The molecule has 0 unspecified atom stereocenters. The number of hydrogen-bond donors (Lipinski definition) is 1. The molecule has 1 aromatic rings. The highest BCUT2D eigenvalue weighted by atomic mass is 32.2. The lowest BCUT2D eigenvalue weighted by molar-refractivity contribution is 0.0692. The van der Waals surface area contributed by atoms with Gasteiger partial charge in [-0.05, 0) is 32.9 Å². The average molecular weight is 296 g/mol. The second-order valence-corrected chi connectivity index (χ2v) is 7.35. The van der Waals surface area contributed by atoms with Gasteiger partial charge in [0.15, 0.2) is 0 Å². The van der Waals surface area contributed by atoms with Gasteiger partial charge in [-0.15, -0.1) is 0 Å². The van der Waals surface area contributed by atoms with Crippen molar-refractivity contribution < 1.29 is 18.0 Å². The van der Waals surface area contributed by atoms with Crippen LogP contribution in [0.4, 0.5) is 0 Å². The van der Waals surface area contributed by atoms with Gasteiger partial charge in [0.05, 0.1) is 16.0 Å². The maximum absolute atomic E-state index is 12.4. The van der Waals surface area contributed by atoms with E-state index in [2.05, 4.69) is 4.72 Å². The predicted octanol–water partition coefficient (Wildman–Crippen LogP) is 0.989. The van der Waals surface area contributed by atoms with Crippen molar-refractivity contribution in [1.82, 2.24) is 9.62 Å². The Morgan fingerprint density at radius 3 is 2.25 bits per heavy atom. The van der Waals surface area contributed by atoms with E-state index in [0.717, 1.165) is 4.90 Å². The zero-order valence-corrected chi connectivity index (χ0v) is 12.5. The van der Waals surface area contributed by atoms with Crippen molar-refractivity contribution in [3.63, 3.8) is 0 Å². The van der Waals surface area contributed by atoms with E-state index in [1.807, 2.05) is 0 Å². The van der Waals surface area contributed by atoms with Gasteiger partial charge >= 0.3 is 0 Å². The maximum atomic E-state index is 12.4. The third-order valence-corrected chi connectivity index (χ3v) is 4.61. The zero-order valence-electron chi connectivity index (χ0n) is 11.7. The molecular formula is C13H16N2O4S. The van der Waals surface area contributed by atoms with Crippen LogP contribution in [0.25, 0.3) is 0 Å². The van der Waals surface area contributed by atoms with Crippen molar-refractivity contribution in [1.29, 1.82) is 0 Å². The highest BCUT2D eigenvalue weighted by Crippen LogP contribution is 2.28. The van der Waals surface area contributed by atoms with Crippen LogP contribution in [-0.2, 0) is 10.0 Å². The largest absolute Gasteiger partial charge is 0.277 e. The van der Waals surface area contributed by atoms with Gasteiger partial charge in [-0.1, -0.05) is 6.07 Å². The fourth-order valence-corrected chi connectivity index (χ4v) is 3.69. The first-order valence-corrected chi connectivity index (χ1v) is 7.52. The molecule has 2 rings (SSSR count). The Hall–Kier alpha value is -1.73. The molecule has 20 heavy (non-hydrogen) atoms. The lowest BCUT2D eigenvalue weighted by Gasteiger charge is -2.21. The van der Waals surface area contributed by atoms with E-state index in [-0.39, 0.29) is 16.0 Å². The summed E-state index contributed by atoms with van der Waals surface area (Å²) in [7, 11) is -2.54. The third kappa shape index (κ3) is 2.34. The Morgan fingerprint density at radius 2 is 1.70 bits per heavy atom. The van der Waals surface area contributed by atoms with Gasteiger partial charge in [-0.3, -0.25) is 14.5 Å². The molecule has 0 aromatic heterocycles. The Balaban J connectivity index is 2.63. The van der Waals surface area contributed by atoms with Crippen molar-refractivity contribution >= 4 is 21.8 Å². The van der Waals surface area contributed by atoms with E-state index in [1.54, 1.807) is 20.8 Å². The summed E-state index contributed by atoms with van der Waals surface area (Å²) in [6.45, 7) is 5.10. The number of amides is 2. The Bertz CT molecular complexity index is 702. The molecule has 108 valence electrons. The number of carbonyl (C=O) groups is 2. The summed E-state index contributed by atoms with van der Waals surface area (Å²) in [4.78, 5) is 24.7. The number of benzene rings is 1. The molecule has 1 aliphatic heterocycles. The lowest BCUT2D eigenvalue weighted by atomic mass is 10.1. The summed E-state index contributed by atoms with van der Waals surface area (Å²) in [5.74, 6) is -1.09. The minimum absolute atomic E-state index is 0.0586. The van der Waals surface area contributed by atoms with Crippen molar-refractivity contribution in [2.24, 2.45) is 0 Å². The summed E-state index contributed by atoms with van der Waals surface area (Å²) < 4.78 is 27.2. The van der Waals surface area contributed by atoms with Crippen LogP contribution in [0.5, 0.6) is 0 Å². The van der Waals surface area contributed by atoms with Crippen LogP contribution in [0.15, 0.2) is 23.1 Å². The molecule has 0 bridgehead atoms. The van der Waals surface area contributed by atoms with Crippen LogP contribution in [0.2, 0.25) is 0 Å². The maximum Gasteiger partial charge on any atom is 0.262 e. The molecule has 1 aromatic carbocycles. The number of nitrogens with one attached hydrogen (secondary N) is 1. The quantitative estimate of drug-likeness (QED) is 0.825. The normalized spacial score (nSPS) is 15.7. The molecule has 2 amide bonds. The van der Waals surface area contributed by atoms with E-state index in [0.29, 0.717) is 0 Å². The standard InChI is InChI=1S/C13H16N2O4S/c1-13(2,3)14-20(18,19)9-7-5-6-8-10(9)12(17)15(4)11(8)16/h5-7,14H,1-4H3. The Kier molecular flexibility index (Phi) is 3.22. The number of nitrogens with zero attached hydrogens (tertiary/aromatic N) is 1. The fourth-order valence-electron chi connectivity index (χ4n) is 2.05. The van der Waals surface area contributed by atoms with Crippen LogP contribution < -0.4 is 4.72 Å². The fraction of sp³-hybridized carbons (Fsp3) is 0.385. The van der Waals surface area contributed by atoms with Crippen LogP contribution in [0.1, 0.15) is 41.5 Å². The van der Waals surface area contributed by atoms with Gasteiger partial charge in [-0.25, -0.2) is 13.1 Å². The summed E-state index contributed by atoms with van der Waals surface area (Å²) in [5, 5.41) is 0. The first-order chi connectivity index (χ1) is 9.04. The number of fused-ring (bicyclic) bond motifs is 1. The molecule has 0 saturated heterocycles. The van der Waals surface area contributed by atoms with Gasteiger partial charge in [0, 0.05) is 12.6 Å². The number of hydrogen-bond acceptors (Lipinski definition) is 4. The number of rotatable bonds is 2. The number of sulfonamides is 1. The second kappa shape index (κ2) is 4.39. The molecule has 1 heterocycles. The number of carbonyl (C=O) groups excluding carboxylic acids is 2. The molecule has 6 nitrogen and oxygen atoms in total. The molecule has 1 N–H and O–H groups in total. The zero-order chi connectivity index (χ0) is 15.3. The molecule has 0 radical (unpaired) electrons. The van der Waals surface area contributed by atoms with Crippen LogP contribution in [0, 0.1) is 0 Å². The van der Waals surface area contributed by atoms with E-state index >= 15 is 0 Å². The first kappa shape index (κ1) is 14.7. The number of imide groups is 1. The smallest absolute Gasteiger partial charge is 0.262 e. The minimum Gasteiger partial charge on any atom is -0.277 e. The summed E-state index contributed by atoms with van der Waals surface area (Å²) in [6, 6.07) is 4.24. The van der Waals surface area contributed by atoms with E-state index in [1.165, 1.54) is 25.2 Å². The highest BCUT2D eigenvalue weighted by molar-refractivity contribution is 7.89. The molecule has 0 spiro atoms. The first-order valence-electron chi connectivity index (χ1n) is 6.04. The third-order valence-electron chi connectivity index (χ3n) is 2.81. The Morgan fingerprint density at radius 1 is 1.10 bits per heavy atom. The monoisotopic (exact) mass is 296 g/mol. The van der Waals surface area contributed by atoms with Crippen molar-refractivity contribution in [3.8, 4) is 0 Å². The molecular weight excluding hydrogens is 280 g/mol. The van der Waals surface area contributed by atoms with Crippen molar-refractivity contribution in [2.75, 3.05) is 7.05 Å². The van der Waals surface area contributed by atoms with E-state index < -0.39 is 27.4 Å². The molecule has 0 atom stereocenters. The van der Waals surface area contributed by atoms with E-state index in [9.17, 15) is 18.0 Å². The lowest BCUT2D eigenvalue weighted by Crippen LogP contribution is -2.41. The summed E-state index contributed by atoms with van der Waals surface area (Å²) >= 11 is 0. The molecule has 0 saturated carbocycles. The van der Waals surface area contributed by atoms with Gasteiger partial charge in [0.1, 0.15) is 0 Å². The topological polar surface area (TPSA) is 83.6 Å². The van der Waals surface area contributed by atoms with Crippen molar-refractivity contribution in [2.45, 2.75) is 31.2 Å². The predicted molar refractivity (Wildman–Crippen MR) is 72.9 cm³/mol. The minimum atomic E-state index is -3.87. The molecule has 1 aliphatic rings. The summed E-state index contributed by atoms with van der Waals surface area (Å²) in [6.07, 6.45) is 0. The molecule has 7 heteroatoms. The highest BCUT2D eigenvalue weighted by Gasteiger charge is 2.38. The molecule has 0 fully saturated rings. The van der Waals surface area contributed by atoms with Crippen LogP contribution in [0.3, 0.4) is 0 Å². The van der Waals surface area contributed by atoms with Gasteiger partial charge in [0.25, 0.3) is 11.8 Å². The SMILES string of the molecule is CN1C(=O)c2cccc(S(=O)(=O)NC(C)(C)C)c2C1=O. The van der Waals surface area contributed by atoms with Gasteiger partial charge in [0.2, 0.25) is 10.0 Å². The van der Waals surface area contributed by atoms with Gasteiger partial charge < -0.3 is 0 Å². The second-order valence-electron chi connectivity index (χ2n) is 5.70. The molecule has 0 aliphatic carbocycles. The van der Waals surface area contributed by atoms with Crippen LogP contribution in [-0.4, -0.2) is 37.7 Å². The van der Waals surface area contributed by atoms with Gasteiger partial charge in [-0.2, -0.15) is 0 Å². The summed E-state index contributed by atoms with van der Waals surface area (Å²) in [5.41, 5.74) is -0.620. The van der Waals surface area contributed by atoms with E-state index in [4.69, 9.17) is 0 Å². The van der Waals surface area contributed by atoms with Crippen molar-refractivity contribution in [3.05, 3.63) is 29.3 Å². The average Bonchev–Trinajstić information content (AvgIpc) is 2.52.